The van der Waals surface area contributed by atoms with Gasteiger partial charge in [-0.25, -0.2) is 5.43 Å². The maximum absolute atomic E-state index is 12.1. The average molecular weight is 469 g/mol. The summed E-state index contributed by atoms with van der Waals surface area (Å²) in [5.74, 6) is -0.336. The monoisotopic (exact) mass is 468 g/mol. The van der Waals surface area contributed by atoms with E-state index in [1.807, 2.05) is 44.2 Å². The van der Waals surface area contributed by atoms with Crippen LogP contribution in [0.25, 0.3) is 0 Å². The highest BCUT2D eigenvalue weighted by Crippen LogP contribution is 2.32. The molecule has 0 radical (unpaired) electrons. The second-order valence-corrected chi connectivity index (χ2v) is 8.53. The van der Waals surface area contributed by atoms with E-state index in [0.717, 1.165) is 21.0 Å². The number of benzene rings is 3. The molecule has 0 unspecified atom stereocenters. The van der Waals surface area contributed by atoms with Gasteiger partial charge in [-0.2, -0.15) is 5.10 Å². The van der Waals surface area contributed by atoms with Gasteiger partial charge in [0.25, 0.3) is 11.6 Å². The maximum atomic E-state index is 12.1. The Hall–Kier alpha value is -3.36. The SMILES string of the molecule is Cc1ccc(NCC(=O)N/N=C/c2cc([N+](=O)[O-])ccc2Sc2ccc(Cl)cc2)cc1C. The summed E-state index contributed by atoms with van der Waals surface area (Å²) in [6.07, 6.45) is 1.40. The zero-order valence-electron chi connectivity index (χ0n) is 17.5. The van der Waals surface area contributed by atoms with E-state index in [4.69, 9.17) is 11.6 Å². The molecule has 0 saturated carbocycles. The summed E-state index contributed by atoms with van der Waals surface area (Å²) >= 11 is 7.34. The lowest BCUT2D eigenvalue weighted by Crippen LogP contribution is -2.25. The number of nitrogens with zero attached hydrogens (tertiary/aromatic N) is 2. The number of carbonyl (C=O) groups excluding carboxylic acids is 1. The summed E-state index contributed by atoms with van der Waals surface area (Å²) in [6.45, 7) is 4.07. The van der Waals surface area contributed by atoms with E-state index in [1.165, 1.54) is 35.7 Å². The first-order valence-electron chi connectivity index (χ1n) is 9.67. The van der Waals surface area contributed by atoms with E-state index in [-0.39, 0.29) is 18.1 Å². The molecule has 3 aromatic carbocycles. The molecule has 9 heteroatoms. The van der Waals surface area contributed by atoms with Crippen LogP contribution in [0.4, 0.5) is 11.4 Å². The lowest BCUT2D eigenvalue weighted by molar-refractivity contribution is -0.384. The summed E-state index contributed by atoms with van der Waals surface area (Å²) in [6, 6.07) is 17.6. The van der Waals surface area contributed by atoms with Gasteiger partial charge in [0.2, 0.25) is 0 Å². The quantitative estimate of drug-likeness (QED) is 0.255. The molecule has 3 rings (SSSR count). The van der Waals surface area contributed by atoms with Gasteiger partial charge in [0.15, 0.2) is 0 Å². The molecule has 0 atom stereocenters. The number of hydrazone groups is 1. The zero-order chi connectivity index (χ0) is 23.1. The highest BCUT2D eigenvalue weighted by molar-refractivity contribution is 7.99. The molecular formula is C23H21ClN4O3S. The molecule has 32 heavy (non-hydrogen) atoms. The van der Waals surface area contributed by atoms with E-state index < -0.39 is 4.92 Å². The van der Waals surface area contributed by atoms with E-state index in [1.54, 1.807) is 18.2 Å². The largest absolute Gasteiger partial charge is 0.376 e. The predicted octanol–water partition coefficient (Wildman–Crippen LogP) is 5.58. The molecule has 0 aliphatic heterocycles. The van der Waals surface area contributed by atoms with E-state index in [2.05, 4.69) is 15.8 Å². The van der Waals surface area contributed by atoms with Crippen LogP contribution in [0.15, 0.2) is 75.6 Å². The topological polar surface area (TPSA) is 96.6 Å². The number of hydrogen-bond acceptors (Lipinski definition) is 6. The minimum Gasteiger partial charge on any atom is -0.376 e. The van der Waals surface area contributed by atoms with Gasteiger partial charge < -0.3 is 5.32 Å². The Bertz CT molecular complexity index is 1170. The highest BCUT2D eigenvalue weighted by Gasteiger charge is 2.11. The second kappa shape index (κ2) is 10.8. The van der Waals surface area contributed by atoms with Crippen molar-refractivity contribution in [3.05, 3.63) is 92.5 Å². The van der Waals surface area contributed by atoms with E-state index >= 15 is 0 Å². The van der Waals surface area contributed by atoms with Crippen molar-refractivity contribution in [3.8, 4) is 0 Å². The molecule has 164 valence electrons. The van der Waals surface area contributed by atoms with Gasteiger partial charge >= 0.3 is 0 Å². The van der Waals surface area contributed by atoms with Crippen LogP contribution in [-0.4, -0.2) is 23.6 Å². The summed E-state index contributed by atoms with van der Waals surface area (Å²) in [4.78, 5) is 24.5. The van der Waals surface area contributed by atoms with Crippen LogP contribution in [0.1, 0.15) is 16.7 Å². The van der Waals surface area contributed by atoms with Crippen LogP contribution in [0.5, 0.6) is 0 Å². The molecule has 2 N–H and O–H groups in total. The molecule has 1 amide bonds. The lowest BCUT2D eigenvalue weighted by atomic mass is 10.1. The standard InChI is InChI=1S/C23H21ClN4O3S/c1-15-3-6-19(11-16(15)2)25-14-23(29)27-26-13-17-12-20(28(30)31)7-10-22(17)32-21-8-4-18(24)5-9-21/h3-13,25H,14H2,1-2H3,(H,27,29)/b26-13+. The van der Waals surface area contributed by atoms with Crippen molar-refractivity contribution in [1.29, 1.82) is 0 Å². The Labute approximate surface area is 195 Å². The lowest BCUT2D eigenvalue weighted by Gasteiger charge is -2.08. The molecule has 0 aliphatic carbocycles. The van der Waals surface area contributed by atoms with Crippen molar-refractivity contribution in [2.24, 2.45) is 5.10 Å². The van der Waals surface area contributed by atoms with Crippen molar-refractivity contribution in [3.63, 3.8) is 0 Å². The Morgan fingerprint density at radius 2 is 1.84 bits per heavy atom. The number of aryl methyl sites for hydroxylation is 2. The number of rotatable bonds is 8. The van der Waals surface area contributed by atoms with Crippen LogP contribution < -0.4 is 10.7 Å². The number of carbonyl (C=O) groups is 1. The minimum atomic E-state index is -0.472. The third-order valence-corrected chi connectivity index (χ3v) is 5.95. The number of halogens is 1. The zero-order valence-corrected chi connectivity index (χ0v) is 19.0. The van der Waals surface area contributed by atoms with Gasteiger partial charge in [-0.05, 0) is 67.4 Å². The van der Waals surface area contributed by atoms with Crippen LogP contribution in [0.2, 0.25) is 5.02 Å². The van der Waals surface area contributed by atoms with Crippen LogP contribution in [-0.2, 0) is 4.79 Å². The first kappa shape index (κ1) is 23.3. The third-order valence-electron chi connectivity index (χ3n) is 4.60. The first-order valence-corrected chi connectivity index (χ1v) is 10.9. The van der Waals surface area contributed by atoms with Gasteiger partial charge in [0, 0.05) is 38.2 Å². The molecule has 7 nitrogen and oxygen atoms in total. The number of anilines is 1. The normalized spacial score (nSPS) is 10.8. The van der Waals surface area contributed by atoms with Crippen LogP contribution in [0.3, 0.4) is 0 Å². The molecule has 3 aromatic rings. The second-order valence-electron chi connectivity index (χ2n) is 6.98. The summed E-state index contributed by atoms with van der Waals surface area (Å²) in [5, 5.41) is 18.8. The Balaban J connectivity index is 1.67. The van der Waals surface area contributed by atoms with Gasteiger partial charge in [0.05, 0.1) is 17.7 Å². The smallest absolute Gasteiger partial charge is 0.270 e. The number of nitrogens with one attached hydrogen (secondary N) is 2. The molecule has 0 aliphatic rings. The molecule has 0 heterocycles. The Morgan fingerprint density at radius 3 is 2.53 bits per heavy atom. The fraction of sp³-hybridized carbons (Fsp3) is 0.130. The number of hydrogen-bond donors (Lipinski definition) is 2. The van der Waals surface area contributed by atoms with Gasteiger partial charge in [-0.15, -0.1) is 0 Å². The van der Waals surface area contributed by atoms with Gasteiger partial charge in [0.1, 0.15) is 0 Å². The average Bonchev–Trinajstić information content (AvgIpc) is 2.77. The Kier molecular flexibility index (Phi) is 7.86. The van der Waals surface area contributed by atoms with Crippen molar-refractivity contribution in [1.82, 2.24) is 5.43 Å². The molecular weight excluding hydrogens is 448 g/mol. The maximum Gasteiger partial charge on any atom is 0.270 e. The summed E-state index contributed by atoms with van der Waals surface area (Å²) in [5.41, 5.74) is 6.05. The van der Waals surface area contributed by atoms with Crippen LogP contribution in [0, 0.1) is 24.0 Å². The summed E-state index contributed by atoms with van der Waals surface area (Å²) in [7, 11) is 0. The van der Waals surface area contributed by atoms with E-state index in [9.17, 15) is 14.9 Å². The highest BCUT2D eigenvalue weighted by atomic mass is 35.5. The number of amides is 1. The van der Waals surface area contributed by atoms with Crippen molar-refractivity contribution in [2.75, 3.05) is 11.9 Å². The Morgan fingerprint density at radius 1 is 1.09 bits per heavy atom. The third kappa shape index (κ3) is 6.57. The molecule has 0 bridgehead atoms. The van der Waals surface area contributed by atoms with Crippen molar-refractivity contribution < 1.29 is 9.72 Å². The molecule has 0 fully saturated rings. The molecule has 0 aromatic heterocycles. The summed E-state index contributed by atoms with van der Waals surface area (Å²) < 4.78 is 0. The predicted molar refractivity (Wildman–Crippen MR) is 129 cm³/mol. The molecule has 0 spiro atoms. The fourth-order valence-corrected chi connectivity index (χ4v) is 3.74. The van der Waals surface area contributed by atoms with E-state index in [0.29, 0.717) is 10.6 Å². The van der Waals surface area contributed by atoms with Gasteiger partial charge in [-0.1, -0.05) is 29.4 Å². The minimum absolute atomic E-state index is 0.0428. The van der Waals surface area contributed by atoms with Crippen molar-refractivity contribution in [2.45, 2.75) is 23.6 Å². The molecule has 0 saturated heterocycles. The van der Waals surface area contributed by atoms with Gasteiger partial charge in [-0.3, -0.25) is 14.9 Å². The fourth-order valence-electron chi connectivity index (χ4n) is 2.72. The first-order chi connectivity index (χ1) is 15.3. The number of nitro groups is 1. The number of nitro benzene ring substituents is 1. The van der Waals surface area contributed by atoms with Crippen LogP contribution >= 0.6 is 23.4 Å². The van der Waals surface area contributed by atoms with Crippen molar-refractivity contribution >= 4 is 46.9 Å². The number of non-ortho nitro benzene ring substituents is 1.